The summed E-state index contributed by atoms with van der Waals surface area (Å²) in [7, 11) is 0. The van der Waals surface area contributed by atoms with Gasteiger partial charge in [-0.3, -0.25) is 4.79 Å². The fourth-order valence-electron chi connectivity index (χ4n) is 2.70. The van der Waals surface area contributed by atoms with Crippen molar-refractivity contribution in [3.8, 4) is 0 Å². The van der Waals surface area contributed by atoms with Gasteiger partial charge in [0.15, 0.2) is 0 Å². The third-order valence-corrected chi connectivity index (χ3v) is 4.08. The molecule has 4 heteroatoms. The normalized spacial score (nSPS) is 21.3. The van der Waals surface area contributed by atoms with Gasteiger partial charge < -0.3 is 10.6 Å². The predicted molar refractivity (Wildman–Crippen MR) is 78.5 cm³/mol. The lowest BCUT2D eigenvalue weighted by molar-refractivity contribution is 0.0584. The van der Waals surface area contributed by atoms with Crippen LogP contribution in [-0.2, 0) is 0 Å². The first kappa shape index (κ1) is 14.4. The number of nitrogens with zero attached hydrogens (tertiary/aromatic N) is 1. The highest BCUT2D eigenvalue weighted by Crippen LogP contribution is 2.25. The third kappa shape index (κ3) is 3.10. The number of hydrogen-bond acceptors (Lipinski definition) is 2. The van der Waals surface area contributed by atoms with Gasteiger partial charge in [-0.15, -0.1) is 0 Å². The number of nitrogens with two attached hydrogens (primary N) is 1. The highest BCUT2D eigenvalue weighted by molar-refractivity contribution is 6.33. The van der Waals surface area contributed by atoms with Crippen LogP contribution in [0.4, 0.5) is 0 Å². The molecule has 0 aliphatic carbocycles. The maximum absolute atomic E-state index is 12.6. The molecule has 2 N–H and O–H groups in total. The molecule has 1 amide bonds. The molecule has 2 atom stereocenters. The Kier molecular flexibility index (Phi) is 4.48. The maximum Gasteiger partial charge on any atom is 0.255 e. The van der Waals surface area contributed by atoms with Crippen LogP contribution in [0.1, 0.15) is 42.1 Å². The summed E-state index contributed by atoms with van der Waals surface area (Å²) >= 11 is 6.19. The smallest absolute Gasteiger partial charge is 0.255 e. The largest absolute Gasteiger partial charge is 0.334 e. The zero-order chi connectivity index (χ0) is 14.0. The second-order valence-electron chi connectivity index (χ2n) is 5.40. The predicted octanol–water partition coefficient (Wildman–Crippen LogP) is 2.99. The van der Waals surface area contributed by atoms with E-state index in [4.69, 9.17) is 17.3 Å². The standard InChI is InChI=1S/C15H21ClN2O/c1-10-6-7-12(13(16)9-10)15(19)18-8-4-3-5-14(18)11(2)17/h6-7,9,11,14H,3-5,8,17H2,1-2H3. The van der Waals surface area contributed by atoms with Crippen LogP contribution in [0, 0.1) is 6.92 Å². The van der Waals surface area contributed by atoms with Crippen LogP contribution >= 0.6 is 11.6 Å². The van der Waals surface area contributed by atoms with Crippen molar-refractivity contribution in [1.29, 1.82) is 0 Å². The minimum atomic E-state index is -0.00604. The van der Waals surface area contributed by atoms with Crippen molar-refractivity contribution in [2.45, 2.75) is 45.2 Å². The van der Waals surface area contributed by atoms with Gasteiger partial charge in [-0.05, 0) is 50.8 Å². The molecule has 1 aliphatic heterocycles. The molecule has 0 bridgehead atoms. The van der Waals surface area contributed by atoms with E-state index in [2.05, 4.69) is 0 Å². The Balaban J connectivity index is 2.26. The number of halogens is 1. The van der Waals surface area contributed by atoms with Crippen LogP contribution in [0.15, 0.2) is 18.2 Å². The monoisotopic (exact) mass is 280 g/mol. The number of aryl methyl sites for hydroxylation is 1. The fraction of sp³-hybridized carbons (Fsp3) is 0.533. The maximum atomic E-state index is 12.6. The molecule has 1 aliphatic rings. The van der Waals surface area contributed by atoms with Crippen molar-refractivity contribution < 1.29 is 4.79 Å². The van der Waals surface area contributed by atoms with E-state index in [9.17, 15) is 4.79 Å². The van der Waals surface area contributed by atoms with Crippen molar-refractivity contribution in [1.82, 2.24) is 4.90 Å². The van der Waals surface area contributed by atoms with Gasteiger partial charge in [-0.1, -0.05) is 17.7 Å². The SMILES string of the molecule is Cc1ccc(C(=O)N2CCCCC2C(C)N)c(Cl)c1. The summed E-state index contributed by atoms with van der Waals surface area (Å²) in [4.78, 5) is 14.5. The zero-order valence-electron chi connectivity index (χ0n) is 11.5. The number of carbonyl (C=O) groups excluding carboxylic acids is 1. The van der Waals surface area contributed by atoms with Crippen LogP contribution < -0.4 is 5.73 Å². The summed E-state index contributed by atoms with van der Waals surface area (Å²) in [6.07, 6.45) is 3.16. The molecule has 2 rings (SSSR count). The number of likely N-dealkylation sites (tertiary alicyclic amines) is 1. The zero-order valence-corrected chi connectivity index (χ0v) is 12.3. The molecule has 1 saturated heterocycles. The minimum Gasteiger partial charge on any atom is -0.334 e. The quantitative estimate of drug-likeness (QED) is 0.905. The minimum absolute atomic E-state index is 0.00604. The van der Waals surface area contributed by atoms with Gasteiger partial charge in [0, 0.05) is 18.6 Å². The molecule has 1 heterocycles. The van der Waals surface area contributed by atoms with E-state index in [1.807, 2.05) is 36.9 Å². The highest BCUT2D eigenvalue weighted by Gasteiger charge is 2.30. The van der Waals surface area contributed by atoms with Gasteiger partial charge >= 0.3 is 0 Å². The van der Waals surface area contributed by atoms with Gasteiger partial charge in [0.25, 0.3) is 5.91 Å². The Bertz CT molecular complexity index is 473. The van der Waals surface area contributed by atoms with Crippen LogP contribution in [0.5, 0.6) is 0 Å². The van der Waals surface area contributed by atoms with Crippen molar-refractivity contribution in [2.75, 3.05) is 6.54 Å². The number of amides is 1. The van der Waals surface area contributed by atoms with Crippen molar-refractivity contribution in [2.24, 2.45) is 5.73 Å². The summed E-state index contributed by atoms with van der Waals surface area (Å²) < 4.78 is 0. The second kappa shape index (κ2) is 5.93. The third-order valence-electron chi connectivity index (χ3n) is 3.77. The van der Waals surface area contributed by atoms with E-state index in [1.165, 1.54) is 0 Å². The van der Waals surface area contributed by atoms with Crippen LogP contribution in [0.3, 0.4) is 0 Å². The summed E-state index contributed by atoms with van der Waals surface area (Å²) in [5.41, 5.74) is 7.65. The number of rotatable bonds is 2. The summed E-state index contributed by atoms with van der Waals surface area (Å²) in [6, 6.07) is 5.68. The van der Waals surface area contributed by atoms with E-state index in [1.54, 1.807) is 0 Å². The van der Waals surface area contributed by atoms with E-state index in [0.29, 0.717) is 10.6 Å². The molecule has 0 aromatic heterocycles. The Morgan fingerprint density at radius 1 is 1.47 bits per heavy atom. The molecular weight excluding hydrogens is 260 g/mol. The van der Waals surface area contributed by atoms with E-state index in [0.717, 1.165) is 31.4 Å². The molecule has 1 aromatic rings. The molecule has 0 saturated carbocycles. The first-order valence-corrected chi connectivity index (χ1v) is 7.21. The summed E-state index contributed by atoms with van der Waals surface area (Å²) in [5, 5.41) is 0.527. The first-order chi connectivity index (χ1) is 9.00. The molecule has 2 unspecified atom stereocenters. The van der Waals surface area contributed by atoms with Gasteiger partial charge in [0.1, 0.15) is 0 Å². The Morgan fingerprint density at radius 3 is 2.84 bits per heavy atom. The summed E-state index contributed by atoms with van der Waals surface area (Å²) in [5.74, 6) is 0.00648. The van der Waals surface area contributed by atoms with Crippen LogP contribution in [-0.4, -0.2) is 29.4 Å². The van der Waals surface area contributed by atoms with Gasteiger partial charge in [-0.25, -0.2) is 0 Å². The molecule has 1 fully saturated rings. The number of piperidine rings is 1. The Labute approximate surface area is 119 Å². The van der Waals surface area contributed by atoms with Crippen LogP contribution in [0.2, 0.25) is 5.02 Å². The van der Waals surface area contributed by atoms with Gasteiger partial charge in [0.2, 0.25) is 0 Å². The van der Waals surface area contributed by atoms with Crippen molar-refractivity contribution >= 4 is 17.5 Å². The molecular formula is C15H21ClN2O. The molecule has 19 heavy (non-hydrogen) atoms. The molecule has 104 valence electrons. The lowest BCUT2D eigenvalue weighted by Gasteiger charge is -2.38. The van der Waals surface area contributed by atoms with E-state index < -0.39 is 0 Å². The van der Waals surface area contributed by atoms with Crippen molar-refractivity contribution in [3.63, 3.8) is 0 Å². The van der Waals surface area contributed by atoms with Crippen LogP contribution in [0.25, 0.3) is 0 Å². The summed E-state index contributed by atoms with van der Waals surface area (Å²) in [6.45, 7) is 4.70. The highest BCUT2D eigenvalue weighted by atomic mass is 35.5. The lowest BCUT2D eigenvalue weighted by atomic mass is 9.96. The lowest BCUT2D eigenvalue weighted by Crippen LogP contribution is -2.51. The first-order valence-electron chi connectivity index (χ1n) is 6.83. The fourth-order valence-corrected chi connectivity index (χ4v) is 3.02. The van der Waals surface area contributed by atoms with Gasteiger partial charge in [-0.2, -0.15) is 0 Å². The Hall–Kier alpha value is -1.06. The number of carbonyl (C=O) groups is 1. The Morgan fingerprint density at radius 2 is 2.21 bits per heavy atom. The molecule has 1 aromatic carbocycles. The topological polar surface area (TPSA) is 46.3 Å². The second-order valence-corrected chi connectivity index (χ2v) is 5.81. The van der Waals surface area contributed by atoms with Crippen molar-refractivity contribution in [3.05, 3.63) is 34.3 Å². The molecule has 0 spiro atoms. The molecule has 3 nitrogen and oxygen atoms in total. The molecule has 0 radical (unpaired) electrons. The number of benzene rings is 1. The number of hydrogen-bond donors (Lipinski definition) is 1. The van der Waals surface area contributed by atoms with E-state index in [-0.39, 0.29) is 18.0 Å². The average molecular weight is 281 g/mol. The van der Waals surface area contributed by atoms with E-state index >= 15 is 0 Å². The van der Waals surface area contributed by atoms with Gasteiger partial charge in [0.05, 0.1) is 10.6 Å². The average Bonchev–Trinajstić information content (AvgIpc) is 2.38.